The zero-order valence-electron chi connectivity index (χ0n) is 15.1. The highest BCUT2D eigenvalue weighted by atomic mass is 16.2. The maximum Gasteiger partial charge on any atom is 0.244 e. The van der Waals surface area contributed by atoms with Gasteiger partial charge in [-0.3, -0.25) is 14.6 Å². The summed E-state index contributed by atoms with van der Waals surface area (Å²) in [6.07, 6.45) is 7.55. The van der Waals surface area contributed by atoms with Crippen molar-refractivity contribution in [1.82, 2.24) is 15.2 Å². The number of likely N-dealkylation sites (tertiary alicyclic amines) is 1. The summed E-state index contributed by atoms with van der Waals surface area (Å²) < 4.78 is 0. The third-order valence-electron chi connectivity index (χ3n) is 5.46. The second kappa shape index (κ2) is 7.74. The van der Waals surface area contributed by atoms with Crippen molar-refractivity contribution in [3.05, 3.63) is 72.1 Å². The summed E-state index contributed by atoms with van der Waals surface area (Å²) in [6.45, 7) is 2.16. The number of amides is 2. The van der Waals surface area contributed by atoms with Crippen LogP contribution in [0.5, 0.6) is 0 Å². The molecule has 0 spiro atoms. The molecule has 2 aliphatic rings. The molecule has 1 N–H and O–H groups in total. The molecule has 0 bridgehead atoms. The van der Waals surface area contributed by atoms with Crippen LogP contribution in [-0.2, 0) is 16.1 Å². The van der Waals surface area contributed by atoms with E-state index >= 15 is 0 Å². The maximum atomic E-state index is 12.5. The van der Waals surface area contributed by atoms with E-state index in [4.69, 9.17) is 0 Å². The van der Waals surface area contributed by atoms with E-state index in [-0.39, 0.29) is 17.7 Å². The van der Waals surface area contributed by atoms with Gasteiger partial charge in [-0.05, 0) is 41.5 Å². The van der Waals surface area contributed by atoms with Gasteiger partial charge in [-0.25, -0.2) is 0 Å². The smallest absolute Gasteiger partial charge is 0.244 e. The number of nitrogens with one attached hydrogen (secondary N) is 1. The van der Waals surface area contributed by atoms with E-state index < -0.39 is 0 Å². The number of nitrogens with zero attached hydrogens (tertiary/aromatic N) is 2. The Kier molecular flexibility index (Phi) is 5.01. The molecule has 2 amide bonds. The lowest BCUT2D eigenvalue weighted by Crippen LogP contribution is -2.30. The van der Waals surface area contributed by atoms with Crippen LogP contribution in [0.4, 0.5) is 0 Å². The molecular weight excluding hydrogens is 338 g/mol. The minimum atomic E-state index is -0.110. The topological polar surface area (TPSA) is 62.3 Å². The Balaban J connectivity index is 1.18. The van der Waals surface area contributed by atoms with Gasteiger partial charge < -0.3 is 10.2 Å². The fourth-order valence-electron chi connectivity index (χ4n) is 4.02. The molecular formula is C22H23N3O2. The first-order valence-electron chi connectivity index (χ1n) is 9.41. The minimum Gasteiger partial charge on any atom is -0.353 e. The van der Waals surface area contributed by atoms with E-state index in [0.29, 0.717) is 24.9 Å². The van der Waals surface area contributed by atoms with Crippen LogP contribution < -0.4 is 5.32 Å². The molecule has 1 aromatic heterocycles. The average molecular weight is 361 g/mol. The van der Waals surface area contributed by atoms with Crippen molar-refractivity contribution < 1.29 is 9.59 Å². The first kappa shape index (κ1) is 17.5. The van der Waals surface area contributed by atoms with E-state index in [1.165, 1.54) is 11.6 Å². The number of carbonyl (C=O) groups excluding carboxylic acids is 2. The molecule has 3 atom stereocenters. The monoisotopic (exact) mass is 361 g/mol. The van der Waals surface area contributed by atoms with Gasteiger partial charge in [-0.1, -0.05) is 36.4 Å². The molecule has 4 rings (SSSR count). The lowest BCUT2D eigenvalue weighted by Gasteiger charge is -2.20. The van der Waals surface area contributed by atoms with E-state index in [0.717, 1.165) is 18.5 Å². The van der Waals surface area contributed by atoms with E-state index in [1.54, 1.807) is 18.5 Å². The Labute approximate surface area is 159 Å². The van der Waals surface area contributed by atoms with Crippen molar-refractivity contribution in [2.75, 3.05) is 13.1 Å². The fraction of sp³-hybridized carbons (Fsp3) is 0.318. The SMILES string of the molecule is O=C(/C=C/c1cccnc1)NCC[C@@H]1[C@H]2CN(Cc3ccccc3)C(=O)[C@@H]12. The molecule has 0 unspecified atom stereocenters. The number of piperidine rings is 1. The number of aromatic nitrogens is 1. The van der Waals surface area contributed by atoms with Crippen molar-refractivity contribution in [3.8, 4) is 0 Å². The fourth-order valence-corrected chi connectivity index (χ4v) is 4.02. The molecule has 2 heterocycles. The highest BCUT2D eigenvalue weighted by molar-refractivity contribution is 5.91. The van der Waals surface area contributed by atoms with Crippen LogP contribution >= 0.6 is 0 Å². The lowest BCUT2D eigenvalue weighted by molar-refractivity contribution is -0.131. The number of hydrogen-bond acceptors (Lipinski definition) is 3. The summed E-state index contributed by atoms with van der Waals surface area (Å²) in [6, 6.07) is 13.8. The van der Waals surface area contributed by atoms with Gasteiger partial charge in [-0.2, -0.15) is 0 Å². The molecule has 138 valence electrons. The number of fused-ring (bicyclic) bond motifs is 1. The van der Waals surface area contributed by atoms with Crippen molar-refractivity contribution in [1.29, 1.82) is 0 Å². The van der Waals surface area contributed by atoms with Crippen molar-refractivity contribution in [2.24, 2.45) is 17.8 Å². The highest BCUT2D eigenvalue weighted by Gasteiger charge is 2.60. The van der Waals surface area contributed by atoms with Crippen LogP contribution in [0.2, 0.25) is 0 Å². The van der Waals surface area contributed by atoms with E-state index in [1.807, 2.05) is 35.2 Å². The maximum absolute atomic E-state index is 12.5. The predicted molar refractivity (Wildman–Crippen MR) is 103 cm³/mol. The van der Waals surface area contributed by atoms with Crippen molar-refractivity contribution >= 4 is 17.9 Å². The largest absolute Gasteiger partial charge is 0.353 e. The lowest BCUT2D eigenvalue weighted by atomic mass is 10.1. The average Bonchev–Trinajstić information content (AvgIpc) is 3.28. The quantitative estimate of drug-likeness (QED) is 0.771. The van der Waals surface area contributed by atoms with Crippen LogP contribution in [0.1, 0.15) is 17.5 Å². The van der Waals surface area contributed by atoms with Crippen LogP contribution in [0.15, 0.2) is 60.9 Å². The van der Waals surface area contributed by atoms with E-state index in [2.05, 4.69) is 22.4 Å². The number of carbonyl (C=O) groups is 2. The molecule has 1 aliphatic heterocycles. The first-order chi connectivity index (χ1) is 13.2. The molecule has 1 saturated heterocycles. The molecule has 1 aromatic carbocycles. The zero-order chi connectivity index (χ0) is 18.6. The van der Waals surface area contributed by atoms with Crippen LogP contribution in [-0.4, -0.2) is 34.8 Å². The minimum absolute atomic E-state index is 0.110. The Morgan fingerprint density at radius 1 is 1.22 bits per heavy atom. The number of pyridine rings is 1. The van der Waals surface area contributed by atoms with Crippen LogP contribution in [0, 0.1) is 17.8 Å². The third-order valence-corrected chi connectivity index (χ3v) is 5.46. The van der Waals surface area contributed by atoms with Gasteiger partial charge in [0.15, 0.2) is 0 Å². The van der Waals surface area contributed by atoms with Gasteiger partial charge in [0.1, 0.15) is 0 Å². The summed E-state index contributed by atoms with van der Waals surface area (Å²) in [5.41, 5.74) is 2.07. The van der Waals surface area contributed by atoms with Gasteiger partial charge in [0, 0.05) is 44.0 Å². The molecule has 1 saturated carbocycles. The summed E-state index contributed by atoms with van der Waals surface area (Å²) >= 11 is 0. The Morgan fingerprint density at radius 3 is 2.78 bits per heavy atom. The second-order valence-corrected chi connectivity index (χ2v) is 7.26. The molecule has 2 fully saturated rings. The van der Waals surface area contributed by atoms with Gasteiger partial charge in [0.25, 0.3) is 0 Å². The second-order valence-electron chi connectivity index (χ2n) is 7.26. The summed E-state index contributed by atoms with van der Waals surface area (Å²) in [5.74, 6) is 1.21. The molecule has 2 aromatic rings. The van der Waals surface area contributed by atoms with Gasteiger partial charge in [0.05, 0.1) is 0 Å². The summed E-state index contributed by atoms with van der Waals surface area (Å²) in [4.78, 5) is 30.4. The number of hydrogen-bond donors (Lipinski definition) is 1. The standard InChI is InChI=1S/C22H23N3O2/c26-20(9-8-16-7-4-11-23-13-16)24-12-10-18-19-15-25(22(27)21(18)19)14-17-5-2-1-3-6-17/h1-9,11,13,18-19,21H,10,12,14-15H2,(H,24,26)/b9-8+/t18-,19-,21+/m1/s1. The van der Waals surface area contributed by atoms with Crippen LogP contribution in [0.3, 0.4) is 0 Å². The van der Waals surface area contributed by atoms with Crippen molar-refractivity contribution in [2.45, 2.75) is 13.0 Å². The van der Waals surface area contributed by atoms with Gasteiger partial charge in [0.2, 0.25) is 11.8 Å². The first-order valence-corrected chi connectivity index (χ1v) is 9.41. The Hall–Kier alpha value is -2.95. The molecule has 0 radical (unpaired) electrons. The van der Waals surface area contributed by atoms with Crippen LogP contribution in [0.25, 0.3) is 6.08 Å². The van der Waals surface area contributed by atoms with Gasteiger partial charge >= 0.3 is 0 Å². The summed E-state index contributed by atoms with van der Waals surface area (Å²) in [7, 11) is 0. The molecule has 1 aliphatic carbocycles. The number of benzene rings is 1. The predicted octanol–water partition coefficient (Wildman–Crippen LogP) is 2.51. The number of rotatable bonds is 7. The third kappa shape index (κ3) is 4.08. The molecule has 27 heavy (non-hydrogen) atoms. The van der Waals surface area contributed by atoms with E-state index in [9.17, 15) is 9.59 Å². The summed E-state index contributed by atoms with van der Waals surface area (Å²) in [5, 5.41) is 2.91. The molecule has 5 nitrogen and oxygen atoms in total. The van der Waals surface area contributed by atoms with Gasteiger partial charge in [-0.15, -0.1) is 0 Å². The Bertz CT molecular complexity index is 835. The van der Waals surface area contributed by atoms with Crippen molar-refractivity contribution in [3.63, 3.8) is 0 Å². The highest BCUT2D eigenvalue weighted by Crippen LogP contribution is 2.54. The molecule has 5 heteroatoms. The zero-order valence-corrected chi connectivity index (χ0v) is 15.1. The Morgan fingerprint density at radius 2 is 2.07 bits per heavy atom. The normalized spacial score (nSPS) is 23.5.